The molecule has 6 nitrogen and oxygen atoms in total. The van der Waals surface area contributed by atoms with Gasteiger partial charge in [0.1, 0.15) is 5.52 Å². The van der Waals surface area contributed by atoms with Crippen LogP contribution < -0.4 is 0 Å². The van der Waals surface area contributed by atoms with Gasteiger partial charge in [0, 0.05) is 10.4 Å². The predicted molar refractivity (Wildman–Crippen MR) is 94.8 cm³/mol. The molecule has 1 saturated carbocycles. The Morgan fingerprint density at radius 1 is 1.25 bits per heavy atom. The Balaban J connectivity index is 1.63. The van der Waals surface area contributed by atoms with E-state index in [0.29, 0.717) is 52.7 Å². The number of carbonyl (C=O) groups is 2. The highest BCUT2D eigenvalue weighted by atomic mass is 79.9. The lowest BCUT2D eigenvalue weighted by Gasteiger charge is -2.26. The maximum atomic E-state index is 12.2. The fraction of sp³-hybridized carbons (Fsp3) is 0.500. The monoisotopic (exact) mass is 463 g/mol. The summed E-state index contributed by atoms with van der Waals surface area (Å²) in [6, 6.07) is 3.24. The number of carbonyl (C=O) groups excluding carboxylic acids is 2. The van der Waals surface area contributed by atoms with E-state index in [4.69, 9.17) is 9.15 Å². The van der Waals surface area contributed by atoms with Gasteiger partial charge in [-0.2, -0.15) is 13.2 Å². The molecule has 0 bridgehead atoms. The smallest absolute Gasteiger partial charge is 0.465 e. The summed E-state index contributed by atoms with van der Waals surface area (Å²) in [6.45, 7) is -0.242. The number of fused-ring (bicyclic) bond motifs is 1. The van der Waals surface area contributed by atoms with E-state index in [1.165, 1.54) is 7.11 Å². The van der Waals surface area contributed by atoms with Crippen molar-refractivity contribution in [3.63, 3.8) is 0 Å². The molecule has 1 aliphatic carbocycles. The summed E-state index contributed by atoms with van der Waals surface area (Å²) >= 11 is 3.30. The number of benzene rings is 1. The van der Waals surface area contributed by atoms with Crippen LogP contribution in [0.3, 0.4) is 0 Å². The van der Waals surface area contributed by atoms with E-state index in [1.807, 2.05) is 0 Å². The molecule has 0 N–H and O–H groups in total. The first-order valence-corrected chi connectivity index (χ1v) is 9.40. The summed E-state index contributed by atoms with van der Waals surface area (Å²) in [5.41, 5.74) is 1.39. The number of halogens is 4. The van der Waals surface area contributed by atoms with Gasteiger partial charge in [0.15, 0.2) is 11.5 Å². The van der Waals surface area contributed by atoms with Gasteiger partial charge >= 0.3 is 18.1 Å². The molecule has 1 fully saturated rings. The third-order valence-electron chi connectivity index (χ3n) is 4.78. The zero-order chi connectivity index (χ0) is 20.5. The van der Waals surface area contributed by atoms with Crippen molar-refractivity contribution in [1.82, 2.24) is 4.98 Å². The van der Waals surface area contributed by atoms with Crippen LogP contribution in [0.25, 0.3) is 11.1 Å². The third kappa shape index (κ3) is 4.48. The summed E-state index contributed by atoms with van der Waals surface area (Å²) in [4.78, 5) is 27.0. The molecular formula is C18H17BrF3NO5. The van der Waals surface area contributed by atoms with E-state index < -0.39 is 18.1 Å². The van der Waals surface area contributed by atoms with Gasteiger partial charge in [-0.3, -0.25) is 0 Å². The minimum atomic E-state index is -4.97. The molecule has 1 aromatic carbocycles. The first-order chi connectivity index (χ1) is 13.2. The average molecular weight is 464 g/mol. The highest BCUT2D eigenvalue weighted by molar-refractivity contribution is 9.10. The van der Waals surface area contributed by atoms with E-state index in [9.17, 15) is 22.8 Å². The van der Waals surface area contributed by atoms with Gasteiger partial charge in [0.25, 0.3) is 0 Å². The Morgan fingerprint density at radius 2 is 1.93 bits per heavy atom. The van der Waals surface area contributed by atoms with Gasteiger partial charge < -0.3 is 13.9 Å². The van der Waals surface area contributed by atoms with E-state index in [-0.39, 0.29) is 18.4 Å². The number of rotatable bonds is 4. The fourth-order valence-electron chi connectivity index (χ4n) is 3.26. The van der Waals surface area contributed by atoms with Gasteiger partial charge in [-0.25, -0.2) is 14.6 Å². The molecule has 0 spiro atoms. The van der Waals surface area contributed by atoms with Crippen LogP contribution in [0.5, 0.6) is 0 Å². The quantitative estimate of drug-likeness (QED) is 0.608. The molecule has 3 rings (SSSR count). The highest BCUT2D eigenvalue weighted by Crippen LogP contribution is 2.37. The molecule has 0 amide bonds. The zero-order valence-corrected chi connectivity index (χ0v) is 16.4. The SMILES string of the molecule is COC(=O)c1cc2nc([C@H]3CC[C@H](COC(=O)C(F)(F)F)CC3)oc2cc1Br. The number of esters is 2. The lowest BCUT2D eigenvalue weighted by atomic mass is 9.82. The number of methoxy groups -OCH3 is 1. The van der Waals surface area contributed by atoms with Crippen LogP contribution in [-0.4, -0.2) is 36.8 Å². The Bertz CT molecular complexity index is 887. The molecule has 0 radical (unpaired) electrons. The Labute approximate surface area is 166 Å². The molecular weight excluding hydrogens is 447 g/mol. The van der Waals surface area contributed by atoms with E-state index in [0.717, 1.165) is 0 Å². The number of ether oxygens (including phenoxy) is 2. The second-order valence-electron chi connectivity index (χ2n) is 6.66. The zero-order valence-electron chi connectivity index (χ0n) is 14.8. The number of nitrogens with zero attached hydrogens (tertiary/aromatic N) is 1. The van der Waals surface area contributed by atoms with Gasteiger partial charge in [-0.1, -0.05) is 0 Å². The molecule has 0 saturated heterocycles. The maximum Gasteiger partial charge on any atom is 0.490 e. The van der Waals surface area contributed by atoms with Crippen molar-refractivity contribution in [3.05, 3.63) is 28.1 Å². The topological polar surface area (TPSA) is 78.6 Å². The van der Waals surface area contributed by atoms with Crippen LogP contribution in [0.2, 0.25) is 0 Å². The number of hydrogen-bond donors (Lipinski definition) is 0. The van der Waals surface area contributed by atoms with E-state index >= 15 is 0 Å². The van der Waals surface area contributed by atoms with Crippen LogP contribution in [-0.2, 0) is 14.3 Å². The molecule has 1 heterocycles. The molecule has 2 aromatic rings. The van der Waals surface area contributed by atoms with Crippen LogP contribution >= 0.6 is 15.9 Å². The Kier molecular flexibility index (Phi) is 5.97. The molecule has 1 aliphatic rings. The molecule has 10 heteroatoms. The van der Waals surface area contributed by atoms with Crippen LogP contribution in [0.1, 0.15) is 47.8 Å². The number of hydrogen-bond acceptors (Lipinski definition) is 6. The van der Waals surface area contributed by atoms with Crippen molar-refractivity contribution in [1.29, 1.82) is 0 Å². The summed E-state index contributed by atoms with van der Waals surface area (Å²) in [6.07, 6.45) is -2.44. The van der Waals surface area contributed by atoms with E-state index in [1.54, 1.807) is 12.1 Å². The Morgan fingerprint density at radius 3 is 2.54 bits per heavy atom. The summed E-state index contributed by atoms with van der Waals surface area (Å²) in [7, 11) is 1.29. The number of aromatic nitrogens is 1. The minimum absolute atomic E-state index is 0.0160. The van der Waals surface area contributed by atoms with Crippen molar-refractivity contribution in [2.24, 2.45) is 5.92 Å². The Hall–Kier alpha value is -2.10. The molecule has 28 heavy (non-hydrogen) atoms. The fourth-order valence-corrected chi connectivity index (χ4v) is 3.74. The summed E-state index contributed by atoms with van der Waals surface area (Å²) in [5.74, 6) is -2.23. The third-order valence-corrected chi connectivity index (χ3v) is 5.43. The van der Waals surface area contributed by atoms with E-state index in [2.05, 4.69) is 25.7 Å². The highest BCUT2D eigenvalue weighted by Gasteiger charge is 2.41. The lowest BCUT2D eigenvalue weighted by molar-refractivity contribution is -0.201. The van der Waals surface area contributed by atoms with Crippen molar-refractivity contribution >= 4 is 39.0 Å². The van der Waals surface area contributed by atoms with Crippen molar-refractivity contribution in [2.75, 3.05) is 13.7 Å². The number of oxazole rings is 1. The van der Waals surface area contributed by atoms with Crippen molar-refractivity contribution in [2.45, 2.75) is 37.8 Å². The van der Waals surface area contributed by atoms with Crippen molar-refractivity contribution < 1.29 is 36.7 Å². The molecule has 0 unspecified atom stereocenters. The molecule has 0 atom stereocenters. The lowest BCUT2D eigenvalue weighted by Crippen LogP contribution is -2.28. The van der Waals surface area contributed by atoms with Crippen LogP contribution in [0.15, 0.2) is 21.0 Å². The van der Waals surface area contributed by atoms with Crippen LogP contribution in [0, 0.1) is 5.92 Å². The largest absolute Gasteiger partial charge is 0.490 e. The second-order valence-corrected chi connectivity index (χ2v) is 7.51. The standard InChI is InChI=1S/C18H17BrF3NO5/c1-26-16(24)11-6-13-14(7-12(11)19)28-15(23-13)10-4-2-9(3-5-10)8-27-17(25)18(20,21)22/h6-7,9-10H,2-5,8H2,1H3/t9-,10-. The molecule has 1 aromatic heterocycles. The first kappa shape index (κ1) is 20.6. The van der Waals surface area contributed by atoms with Gasteiger partial charge in [-0.15, -0.1) is 0 Å². The van der Waals surface area contributed by atoms with Gasteiger partial charge in [-0.05, 0) is 59.7 Å². The maximum absolute atomic E-state index is 12.2. The molecule has 0 aliphatic heterocycles. The second kappa shape index (κ2) is 8.10. The summed E-state index contributed by atoms with van der Waals surface area (Å²) < 4.78 is 52.0. The number of alkyl halides is 3. The van der Waals surface area contributed by atoms with Crippen molar-refractivity contribution in [3.8, 4) is 0 Å². The molecule has 152 valence electrons. The first-order valence-electron chi connectivity index (χ1n) is 8.61. The summed E-state index contributed by atoms with van der Waals surface area (Å²) in [5, 5.41) is 0. The van der Waals surface area contributed by atoms with Gasteiger partial charge in [0.2, 0.25) is 0 Å². The van der Waals surface area contributed by atoms with Crippen LogP contribution in [0.4, 0.5) is 13.2 Å². The minimum Gasteiger partial charge on any atom is -0.465 e. The predicted octanol–water partition coefficient (Wildman–Crippen LogP) is 4.76. The normalized spacial score (nSPS) is 20.2. The average Bonchev–Trinajstić information content (AvgIpc) is 3.07. The van der Waals surface area contributed by atoms with Gasteiger partial charge in [0.05, 0.1) is 19.3 Å².